The molecule has 1 unspecified atom stereocenters. The minimum atomic E-state index is 0.546. The lowest BCUT2D eigenvalue weighted by Crippen LogP contribution is -2.37. The van der Waals surface area contributed by atoms with Crippen LogP contribution in [0.4, 0.5) is 11.6 Å². The summed E-state index contributed by atoms with van der Waals surface area (Å²) in [5.41, 5.74) is 0. The molecule has 2 aliphatic heterocycles. The zero-order valence-electron chi connectivity index (χ0n) is 13.3. The molecule has 3 heterocycles. The Hall–Kier alpha value is -1.36. The molecule has 116 valence electrons. The van der Waals surface area contributed by atoms with Gasteiger partial charge < -0.3 is 15.1 Å². The Bertz CT molecular complexity index is 456. The predicted molar refractivity (Wildman–Crippen MR) is 86.8 cm³/mol. The molecule has 3 rings (SSSR count). The molecule has 21 heavy (non-hydrogen) atoms. The van der Waals surface area contributed by atoms with Gasteiger partial charge >= 0.3 is 0 Å². The summed E-state index contributed by atoms with van der Waals surface area (Å²) < 4.78 is 0. The number of anilines is 2. The molecule has 5 heteroatoms. The Morgan fingerprint density at radius 3 is 2.71 bits per heavy atom. The number of nitrogens with zero attached hydrogens (tertiary/aromatic N) is 4. The molecule has 0 amide bonds. The van der Waals surface area contributed by atoms with E-state index in [2.05, 4.69) is 45.1 Å². The van der Waals surface area contributed by atoms with Crippen LogP contribution in [0, 0.1) is 5.92 Å². The van der Waals surface area contributed by atoms with E-state index in [0.717, 1.165) is 30.6 Å². The molecule has 0 aromatic carbocycles. The summed E-state index contributed by atoms with van der Waals surface area (Å²) in [6.07, 6.45) is 6.68. The summed E-state index contributed by atoms with van der Waals surface area (Å²) in [6.45, 7) is 6.89. The first kappa shape index (κ1) is 14.6. The highest BCUT2D eigenvalue weighted by Crippen LogP contribution is 2.23. The predicted octanol–water partition coefficient (Wildman–Crippen LogP) is 2.22. The van der Waals surface area contributed by atoms with Crippen molar-refractivity contribution in [1.29, 1.82) is 0 Å². The van der Waals surface area contributed by atoms with E-state index >= 15 is 0 Å². The van der Waals surface area contributed by atoms with Gasteiger partial charge in [-0.2, -0.15) is 0 Å². The summed E-state index contributed by atoms with van der Waals surface area (Å²) in [5, 5.41) is 3.59. The summed E-state index contributed by atoms with van der Waals surface area (Å²) in [4.78, 5) is 13.7. The van der Waals surface area contributed by atoms with Gasteiger partial charge in [0.1, 0.15) is 18.0 Å². The smallest absolute Gasteiger partial charge is 0.134 e. The van der Waals surface area contributed by atoms with Crippen molar-refractivity contribution >= 4 is 11.6 Å². The molecule has 0 saturated carbocycles. The highest BCUT2D eigenvalue weighted by atomic mass is 15.2. The Morgan fingerprint density at radius 1 is 1.14 bits per heavy atom. The lowest BCUT2D eigenvalue weighted by Gasteiger charge is -2.32. The Morgan fingerprint density at radius 2 is 1.95 bits per heavy atom. The molecular weight excluding hydrogens is 262 g/mol. The van der Waals surface area contributed by atoms with Gasteiger partial charge in [0.15, 0.2) is 0 Å². The second kappa shape index (κ2) is 6.60. The van der Waals surface area contributed by atoms with Gasteiger partial charge in [-0.15, -0.1) is 0 Å². The maximum absolute atomic E-state index is 4.47. The maximum atomic E-state index is 4.47. The number of rotatable bonds is 3. The molecule has 2 aliphatic rings. The number of hydrogen-bond acceptors (Lipinski definition) is 5. The van der Waals surface area contributed by atoms with Crippen molar-refractivity contribution in [3.8, 4) is 0 Å². The van der Waals surface area contributed by atoms with E-state index in [-0.39, 0.29) is 0 Å². The normalized spacial score (nSPS) is 25.0. The second-order valence-corrected chi connectivity index (χ2v) is 6.68. The van der Waals surface area contributed by atoms with Crippen LogP contribution in [0.2, 0.25) is 0 Å². The standard InChI is InChI=1S/C16H27N5/c1-13-4-3-7-21(11-13)16-10-15(17-12-18-16)19-14-5-8-20(2)9-6-14/h10,12-14H,3-9,11H2,1-2H3,(H,17,18,19). The number of nitrogens with one attached hydrogen (secondary N) is 1. The van der Waals surface area contributed by atoms with E-state index in [1.165, 1.54) is 38.8 Å². The fraction of sp³-hybridized carbons (Fsp3) is 0.750. The van der Waals surface area contributed by atoms with Crippen LogP contribution in [0.25, 0.3) is 0 Å². The first-order chi connectivity index (χ1) is 10.2. The van der Waals surface area contributed by atoms with E-state index in [1.54, 1.807) is 6.33 Å². The molecule has 0 bridgehead atoms. The summed E-state index contributed by atoms with van der Waals surface area (Å²) >= 11 is 0. The summed E-state index contributed by atoms with van der Waals surface area (Å²) in [6, 6.07) is 2.67. The minimum Gasteiger partial charge on any atom is -0.367 e. The topological polar surface area (TPSA) is 44.3 Å². The fourth-order valence-electron chi connectivity index (χ4n) is 3.36. The van der Waals surface area contributed by atoms with Crippen LogP contribution < -0.4 is 10.2 Å². The Balaban J connectivity index is 1.63. The van der Waals surface area contributed by atoms with Crippen molar-refractivity contribution in [3.05, 3.63) is 12.4 Å². The van der Waals surface area contributed by atoms with Gasteiger partial charge in [0.2, 0.25) is 0 Å². The quantitative estimate of drug-likeness (QED) is 0.924. The summed E-state index contributed by atoms with van der Waals surface area (Å²) in [7, 11) is 2.19. The van der Waals surface area contributed by atoms with Crippen molar-refractivity contribution in [2.75, 3.05) is 43.4 Å². The molecule has 1 aromatic heterocycles. The Labute approximate surface area is 127 Å². The lowest BCUT2D eigenvalue weighted by molar-refractivity contribution is 0.263. The van der Waals surface area contributed by atoms with Gasteiger partial charge in [-0.3, -0.25) is 0 Å². The first-order valence-electron chi connectivity index (χ1n) is 8.23. The monoisotopic (exact) mass is 289 g/mol. The van der Waals surface area contributed by atoms with Crippen molar-refractivity contribution < 1.29 is 0 Å². The lowest BCUT2D eigenvalue weighted by atomic mass is 10.0. The average molecular weight is 289 g/mol. The molecule has 0 spiro atoms. The molecular formula is C16H27N5. The largest absolute Gasteiger partial charge is 0.367 e. The third kappa shape index (κ3) is 3.84. The summed E-state index contributed by atoms with van der Waals surface area (Å²) in [5.74, 6) is 2.82. The van der Waals surface area contributed by atoms with Gasteiger partial charge in [-0.25, -0.2) is 9.97 Å². The highest BCUT2D eigenvalue weighted by Gasteiger charge is 2.19. The van der Waals surface area contributed by atoms with E-state index in [4.69, 9.17) is 0 Å². The van der Waals surface area contributed by atoms with E-state index in [0.29, 0.717) is 6.04 Å². The second-order valence-electron chi connectivity index (χ2n) is 6.68. The average Bonchev–Trinajstić information content (AvgIpc) is 2.50. The minimum absolute atomic E-state index is 0.546. The van der Waals surface area contributed by atoms with Crippen LogP contribution in [0.15, 0.2) is 12.4 Å². The van der Waals surface area contributed by atoms with Crippen LogP contribution in [-0.4, -0.2) is 54.1 Å². The van der Waals surface area contributed by atoms with Gasteiger partial charge in [-0.1, -0.05) is 6.92 Å². The van der Waals surface area contributed by atoms with E-state index in [1.807, 2.05) is 0 Å². The molecule has 0 radical (unpaired) electrons. The maximum Gasteiger partial charge on any atom is 0.134 e. The number of hydrogen-bond donors (Lipinski definition) is 1. The van der Waals surface area contributed by atoms with Gasteiger partial charge in [0.05, 0.1) is 0 Å². The third-order valence-corrected chi connectivity index (χ3v) is 4.70. The van der Waals surface area contributed by atoms with Crippen molar-refractivity contribution in [1.82, 2.24) is 14.9 Å². The number of piperidine rings is 2. The molecule has 5 nitrogen and oxygen atoms in total. The van der Waals surface area contributed by atoms with Crippen molar-refractivity contribution in [2.45, 2.75) is 38.6 Å². The van der Waals surface area contributed by atoms with Gasteiger partial charge in [0.25, 0.3) is 0 Å². The molecule has 2 saturated heterocycles. The number of likely N-dealkylation sites (tertiary alicyclic amines) is 1. The zero-order valence-corrected chi connectivity index (χ0v) is 13.3. The van der Waals surface area contributed by atoms with Gasteiger partial charge in [0, 0.05) is 25.2 Å². The SMILES string of the molecule is CC1CCCN(c2cc(NC3CCN(C)CC3)ncn2)C1. The highest BCUT2D eigenvalue weighted by molar-refractivity contribution is 5.49. The zero-order chi connectivity index (χ0) is 14.7. The molecule has 2 fully saturated rings. The van der Waals surface area contributed by atoms with Crippen LogP contribution in [-0.2, 0) is 0 Å². The fourth-order valence-corrected chi connectivity index (χ4v) is 3.36. The van der Waals surface area contributed by atoms with Crippen molar-refractivity contribution in [2.24, 2.45) is 5.92 Å². The third-order valence-electron chi connectivity index (χ3n) is 4.70. The van der Waals surface area contributed by atoms with E-state index < -0.39 is 0 Å². The molecule has 0 aliphatic carbocycles. The van der Waals surface area contributed by atoms with Crippen molar-refractivity contribution in [3.63, 3.8) is 0 Å². The van der Waals surface area contributed by atoms with E-state index in [9.17, 15) is 0 Å². The molecule has 1 atom stereocenters. The first-order valence-corrected chi connectivity index (χ1v) is 8.23. The van der Waals surface area contributed by atoms with Crippen LogP contribution in [0.5, 0.6) is 0 Å². The Kier molecular flexibility index (Phi) is 4.58. The van der Waals surface area contributed by atoms with Gasteiger partial charge in [-0.05, 0) is 51.7 Å². The molecule has 1 N–H and O–H groups in total. The number of aromatic nitrogens is 2. The van der Waals surface area contributed by atoms with Crippen LogP contribution in [0.3, 0.4) is 0 Å². The van der Waals surface area contributed by atoms with Crippen LogP contribution in [0.1, 0.15) is 32.6 Å². The van der Waals surface area contributed by atoms with Crippen LogP contribution >= 0.6 is 0 Å². The molecule has 1 aromatic rings.